The van der Waals surface area contributed by atoms with E-state index in [9.17, 15) is 0 Å². The molecule has 0 saturated heterocycles. The van der Waals surface area contributed by atoms with Crippen molar-refractivity contribution in [2.24, 2.45) is 5.73 Å². The van der Waals surface area contributed by atoms with Crippen molar-refractivity contribution in [3.63, 3.8) is 0 Å². The summed E-state index contributed by atoms with van der Waals surface area (Å²) in [5, 5.41) is 0. The van der Waals surface area contributed by atoms with Crippen LogP contribution in [0.1, 0.15) is 31.0 Å². The summed E-state index contributed by atoms with van der Waals surface area (Å²) in [6.07, 6.45) is 0.969. The lowest BCUT2D eigenvalue weighted by Gasteiger charge is -2.13. The Bertz CT molecular complexity index is 579. The average Bonchev–Trinajstić information content (AvgIpc) is 2.48. The Morgan fingerprint density at radius 3 is 2.55 bits per heavy atom. The molecule has 3 nitrogen and oxygen atoms in total. The van der Waals surface area contributed by atoms with E-state index in [1.807, 2.05) is 49.4 Å². The van der Waals surface area contributed by atoms with E-state index in [1.54, 1.807) is 7.11 Å². The second-order valence-corrected chi connectivity index (χ2v) is 4.80. The quantitative estimate of drug-likeness (QED) is 0.891. The lowest BCUT2D eigenvalue weighted by atomic mass is 10.1. The molecule has 0 saturated carbocycles. The van der Waals surface area contributed by atoms with Gasteiger partial charge in [0.05, 0.1) is 7.11 Å². The van der Waals surface area contributed by atoms with Gasteiger partial charge in [-0.1, -0.05) is 25.1 Å². The van der Waals surface area contributed by atoms with E-state index in [2.05, 4.69) is 6.92 Å². The molecule has 1 atom stereocenters. The van der Waals surface area contributed by atoms with E-state index in [1.165, 1.54) is 5.56 Å². The van der Waals surface area contributed by atoms with Crippen molar-refractivity contribution in [1.29, 1.82) is 0 Å². The van der Waals surface area contributed by atoms with Crippen LogP contribution in [0.4, 0.5) is 0 Å². The van der Waals surface area contributed by atoms with Crippen LogP contribution in [0, 0.1) is 0 Å². The third kappa shape index (κ3) is 3.31. The molecule has 0 heterocycles. The third-order valence-corrected chi connectivity index (χ3v) is 3.25. The van der Waals surface area contributed by atoms with Crippen LogP contribution in [0.25, 0.3) is 0 Å². The number of hydrogen-bond acceptors (Lipinski definition) is 3. The van der Waals surface area contributed by atoms with Crippen LogP contribution < -0.4 is 15.2 Å². The van der Waals surface area contributed by atoms with Crippen molar-refractivity contribution in [2.45, 2.75) is 26.3 Å². The molecule has 0 aliphatic rings. The largest absolute Gasteiger partial charge is 0.493 e. The Hall–Kier alpha value is -2.00. The number of rotatable bonds is 5. The molecule has 106 valence electrons. The lowest BCUT2D eigenvalue weighted by Crippen LogP contribution is -2.04. The first-order valence-electron chi connectivity index (χ1n) is 6.84. The Labute approximate surface area is 120 Å². The van der Waals surface area contributed by atoms with Crippen LogP contribution in [0.5, 0.6) is 17.2 Å². The molecule has 2 rings (SSSR count). The Morgan fingerprint density at radius 2 is 1.90 bits per heavy atom. The monoisotopic (exact) mass is 271 g/mol. The van der Waals surface area contributed by atoms with Gasteiger partial charge < -0.3 is 15.2 Å². The molecule has 0 fully saturated rings. The highest BCUT2D eigenvalue weighted by atomic mass is 16.5. The molecule has 0 radical (unpaired) electrons. The minimum Gasteiger partial charge on any atom is -0.493 e. The van der Waals surface area contributed by atoms with Gasteiger partial charge in [0.2, 0.25) is 0 Å². The maximum atomic E-state index is 5.91. The zero-order chi connectivity index (χ0) is 14.5. The fourth-order valence-corrected chi connectivity index (χ4v) is 2.00. The molecule has 20 heavy (non-hydrogen) atoms. The van der Waals surface area contributed by atoms with Gasteiger partial charge in [0.25, 0.3) is 0 Å². The van der Waals surface area contributed by atoms with Crippen molar-refractivity contribution < 1.29 is 9.47 Å². The fraction of sp³-hybridized carbons (Fsp3) is 0.294. The highest BCUT2D eigenvalue weighted by Gasteiger charge is 2.08. The minimum atomic E-state index is -0.0112. The SMILES string of the molecule is CCc1ccc(Oc2cccc(C(C)N)c2)c(OC)c1. The summed E-state index contributed by atoms with van der Waals surface area (Å²) in [6, 6.07) is 13.8. The fourth-order valence-electron chi connectivity index (χ4n) is 2.00. The average molecular weight is 271 g/mol. The van der Waals surface area contributed by atoms with Crippen molar-refractivity contribution in [3.8, 4) is 17.2 Å². The van der Waals surface area contributed by atoms with Gasteiger partial charge in [0.1, 0.15) is 5.75 Å². The summed E-state index contributed by atoms with van der Waals surface area (Å²) < 4.78 is 11.3. The molecular weight excluding hydrogens is 250 g/mol. The molecule has 1 unspecified atom stereocenters. The summed E-state index contributed by atoms with van der Waals surface area (Å²) in [6.45, 7) is 4.07. The number of ether oxygens (including phenoxy) is 2. The zero-order valence-corrected chi connectivity index (χ0v) is 12.2. The van der Waals surface area contributed by atoms with Crippen LogP contribution in [0.2, 0.25) is 0 Å². The molecule has 2 aromatic carbocycles. The maximum absolute atomic E-state index is 5.91. The Balaban J connectivity index is 2.27. The van der Waals surface area contributed by atoms with E-state index in [0.29, 0.717) is 5.75 Å². The number of nitrogens with two attached hydrogens (primary N) is 1. The van der Waals surface area contributed by atoms with Gasteiger partial charge in [-0.2, -0.15) is 0 Å². The summed E-state index contributed by atoms with van der Waals surface area (Å²) >= 11 is 0. The molecule has 0 spiro atoms. The van der Waals surface area contributed by atoms with Gasteiger partial charge in [-0.15, -0.1) is 0 Å². The summed E-state index contributed by atoms with van der Waals surface area (Å²) in [5.74, 6) is 2.23. The van der Waals surface area contributed by atoms with E-state index in [0.717, 1.165) is 23.5 Å². The molecule has 0 aromatic heterocycles. The summed E-state index contributed by atoms with van der Waals surface area (Å²) in [4.78, 5) is 0. The minimum absolute atomic E-state index is 0.0112. The van der Waals surface area contributed by atoms with Crippen LogP contribution in [-0.4, -0.2) is 7.11 Å². The molecule has 0 bridgehead atoms. The first-order valence-corrected chi connectivity index (χ1v) is 6.84. The number of methoxy groups -OCH3 is 1. The maximum Gasteiger partial charge on any atom is 0.169 e. The first-order chi connectivity index (χ1) is 9.63. The number of benzene rings is 2. The number of aryl methyl sites for hydroxylation is 1. The van der Waals surface area contributed by atoms with Crippen LogP contribution in [-0.2, 0) is 6.42 Å². The van der Waals surface area contributed by atoms with Crippen LogP contribution in [0.3, 0.4) is 0 Å². The van der Waals surface area contributed by atoms with Gasteiger partial charge in [0, 0.05) is 6.04 Å². The number of hydrogen-bond donors (Lipinski definition) is 1. The van der Waals surface area contributed by atoms with Gasteiger partial charge in [0.15, 0.2) is 11.5 Å². The molecule has 3 heteroatoms. The van der Waals surface area contributed by atoms with E-state index in [-0.39, 0.29) is 6.04 Å². The van der Waals surface area contributed by atoms with Crippen LogP contribution in [0.15, 0.2) is 42.5 Å². The molecule has 0 aliphatic heterocycles. The standard InChI is InChI=1S/C17H21NO2/c1-4-13-8-9-16(17(10-13)19-3)20-15-7-5-6-14(11-15)12(2)18/h5-12H,4,18H2,1-3H3. The predicted octanol–water partition coefficient (Wildman–Crippen LogP) is 4.07. The second-order valence-electron chi connectivity index (χ2n) is 4.80. The molecular formula is C17H21NO2. The van der Waals surface area contributed by atoms with Gasteiger partial charge >= 0.3 is 0 Å². The lowest BCUT2D eigenvalue weighted by molar-refractivity contribution is 0.378. The van der Waals surface area contributed by atoms with Gasteiger partial charge in [-0.3, -0.25) is 0 Å². The molecule has 0 aliphatic carbocycles. The molecule has 2 N–H and O–H groups in total. The van der Waals surface area contributed by atoms with E-state index < -0.39 is 0 Å². The van der Waals surface area contributed by atoms with Crippen molar-refractivity contribution >= 4 is 0 Å². The summed E-state index contributed by atoms with van der Waals surface area (Å²) in [5.41, 5.74) is 8.16. The van der Waals surface area contributed by atoms with Crippen molar-refractivity contribution in [1.82, 2.24) is 0 Å². The van der Waals surface area contributed by atoms with Crippen molar-refractivity contribution in [2.75, 3.05) is 7.11 Å². The van der Waals surface area contributed by atoms with E-state index in [4.69, 9.17) is 15.2 Å². The highest BCUT2D eigenvalue weighted by molar-refractivity contribution is 5.46. The zero-order valence-electron chi connectivity index (χ0n) is 12.2. The van der Waals surface area contributed by atoms with Crippen molar-refractivity contribution in [3.05, 3.63) is 53.6 Å². The molecule has 2 aromatic rings. The van der Waals surface area contributed by atoms with Crippen LogP contribution >= 0.6 is 0 Å². The Morgan fingerprint density at radius 1 is 1.10 bits per heavy atom. The van der Waals surface area contributed by atoms with E-state index >= 15 is 0 Å². The third-order valence-electron chi connectivity index (χ3n) is 3.25. The van der Waals surface area contributed by atoms with Gasteiger partial charge in [-0.05, 0) is 48.7 Å². The van der Waals surface area contributed by atoms with Gasteiger partial charge in [-0.25, -0.2) is 0 Å². The highest BCUT2D eigenvalue weighted by Crippen LogP contribution is 2.33. The first kappa shape index (κ1) is 14.4. The smallest absolute Gasteiger partial charge is 0.169 e. The topological polar surface area (TPSA) is 44.5 Å². The molecule has 0 amide bonds. The predicted molar refractivity (Wildman–Crippen MR) is 81.5 cm³/mol. The summed E-state index contributed by atoms with van der Waals surface area (Å²) in [7, 11) is 1.65. The second kappa shape index (κ2) is 6.44. The normalized spacial score (nSPS) is 12.0. The Kier molecular flexibility index (Phi) is 4.64.